The maximum absolute atomic E-state index is 6.47. The van der Waals surface area contributed by atoms with Crippen LogP contribution in [0.4, 0.5) is 17.3 Å². The van der Waals surface area contributed by atoms with Crippen LogP contribution in [0.1, 0.15) is 37.4 Å². The van der Waals surface area contributed by atoms with E-state index < -0.39 is 0 Å². The zero-order valence-electron chi connectivity index (χ0n) is 18.7. The molecule has 3 aliphatic heterocycles. The molecule has 1 spiro atoms. The molecule has 0 amide bonds. The first-order chi connectivity index (χ1) is 15.6. The Bertz CT molecular complexity index is 1150. The standard InChI is InChI=1S/C23H30N8O/c1-14-16-4-3-9-31(17(16)5-8-25-14)22-19-21(28-29-22)27-18(12-26-19)30-10-6-23(7-11-30)13-32-15(2)20(23)24/h5,8,12,15,20H,3-4,6-7,9-11,13,24H2,1-2H3,(H,27,28,29)/t15-,20+/m0/s1. The van der Waals surface area contributed by atoms with Crippen LogP contribution < -0.4 is 15.5 Å². The van der Waals surface area contributed by atoms with Gasteiger partial charge in [0, 0.05) is 48.7 Å². The predicted molar refractivity (Wildman–Crippen MR) is 123 cm³/mol. The van der Waals surface area contributed by atoms with E-state index in [0.717, 1.165) is 80.4 Å². The minimum Gasteiger partial charge on any atom is -0.376 e. The van der Waals surface area contributed by atoms with Crippen LogP contribution in [0.5, 0.6) is 0 Å². The van der Waals surface area contributed by atoms with Gasteiger partial charge < -0.3 is 20.3 Å². The molecule has 0 unspecified atom stereocenters. The number of fused-ring (bicyclic) bond motifs is 2. The molecule has 0 bridgehead atoms. The molecule has 0 aliphatic carbocycles. The van der Waals surface area contributed by atoms with Crippen molar-refractivity contribution < 1.29 is 4.74 Å². The first-order valence-corrected chi connectivity index (χ1v) is 11.6. The minimum atomic E-state index is 0.100. The summed E-state index contributed by atoms with van der Waals surface area (Å²) in [6.45, 7) is 7.66. The smallest absolute Gasteiger partial charge is 0.183 e. The Hall–Kier alpha value is -2.78. The summed E-state index contributed by atoms with van der Waals surface area (Å²) in [5.74, 6) is 1.73. The highest BCUT2D eigenvalue weighted by Crippen LogP contribution is 2.42. The lowest BCUT2D eigenvalue weighted by molar-refractivity contribution is 0.0974. The molecule has 3 N–H and O–H groups in total. The van der Waals surface area contributed by atoms with E-state index in [9.17, 15) is 0 Å². The maximum atomic E-state index is 6.47. The van der Waals surface area contributed by atoms with Crippen molar-refractivity contribution in [3.8, 4) is 0 Å². The molecular weight excluding hydrogens is 404 g/mol. The largest absolute Gasteiger partial charge is 0.376 e. The number of aromatic nitrogens is 5. The Morgan fingerprint density at radius 2 is 2.06 bits per heavy atom. The van der Waals surface area contributed by atoms with Crippen molar-refractivity contribution in [2.45, 2.75) is 51.7 Å². The van der Waals surface area contributed by atoms with E-state index in [1.165, 1.54) is 11.3 Å². The van der Waals surface area contributed by atoms with E-state index >= 15 is 0 Å². The van der Waals surface area contributed by atoms with Gasteiger partial charge in [0.25, 0.3) is 0 Å². The third kappa shape index (κ3) is 2.98. The minimum absolute atomic E-state index is 0.100. The van der Waals surface area contributed by atoms with E-state index in [-0.39, 0.29) is 17.6 Å². The molecule has 168 valence electrons. The quantitative estimate of drug-likeness (QED) is 0.633. The van der Waals surface area contributed by atoms with Crippen LogP contribution in [0.3, 0.4) is 0 Å². The van der Waals surface area contributed by atoms with Crippen molar-refractivity contribution in [1.29, 1.82) is 0 Å². The van der Waals surface area contributed by atoms with E-state index in [4.69, 9.17) is 20.4 Å². The highest BCUT2D eigenvalue weighted by Gasteiger charge is 2.47. The molecular formula is C23H30N8O. The number of ether oxygens (including phenoxy) is 1. The molecule has 0 saturated carbocycles. The van der Waals surface area contributed by atoms with Crippen molar-refractivity contribution in [2.24, 2.45) is 11.1 Å². The first-order valence-electron chi connectivity index (χ1n) is 11.6. The van der Waals surface area contributed by atoms with E-state index in [1.54, 1.807) is 0 Å². The summed E-state index contributed by atoms with van der Waals surface area (Å²) < 4.78 is 5.86. The van der Waals surface area contributed by atoms with E-state index in [2.05, 4.69) is 44.9 Å². The van der Waals surface area contributed by atoms with Crippen LogP contribution >= 0.6 is 0 Å². The number of hydrogen-bond donors (Lipinski definition) is 2. The van der Waals surface area contributed by atoms with Gasteiger partial charge in [0.1, 0.15) is 5.82 Å². The van der Waals surface area contributed by atoms with Gasteiger partial charge in [0.2, 0.25) is 0 Å². The van der Waals surface area contributed by atoms with Gasteiger partial charge in [-0.3, -0.25) is 10.1 Å². The number of aromatic amines is 1. The molecule has 2 atom stereocenters. The fraction of sp³-hybridized carbons (Fsp3) is 0.565. The molecule has 3 aromatic rings. The van der Waals surface area contributed by atoms with Gasteiger partial charge in [-0.15, -0.1) is 0 Å². The molecule has 9 nitrogen and oxygen atoms in total. The lowest BCUT2D eigenvalue weighted by atomic mass is 9.73. The SMILES string of the molecule is Cc1nccc2c1CCCN2c1n[nH]c2nc(N3CCC4(CC3)CO[C@@H](C)[C@H]4N)cnc12. The second kappa shape index (κ2) is 7.38. The zero-order valence-corrected chi connectivity index (χ0v) is 18.7. The predicted octanol–water partition coefficient (Wildman–Crippen LogP) is 2.47. The zero-order chi connectivity index (χ0) is 21.9. The molecule has 3 aliphatic rings. The lowest BCUT2D eigenvalue weighted by Crippen LogP contribution is -2.50. The fourth-order valence-corrected chi connectivity index (χ4v) is 5.67. The van der Waals surface area contributed by atoms with Crippen molar-refractivity contribution in [3.05, 3.63) is 29.7 Å². The highest BCUT2D eigenvalue weighted by molar-refractivity contribution is 5.87. The van der Waals surface area contributed by atoms with Crippen LogP contribution in [0, 0.1) is 12.3 Å². The van der Waals surface area contributed by atoms with Crippen molar-refractivity contribution in [1.82, 2.24) is 25.1 Å². The molecule has 6 rings (SSSR count). The first kappa shape index (κ1) is 19.9. The molecule has 0 radical (unpaired) electrons. The Morgan fingerprint density at radius 3 is 2.84 bits per heavy atom. The molecule has 9 heteroatoms. The third-order valence-corrected chi connectivity index (χ3v) is 7.77. The average molecular weight is 435 g/mol. The van der Waals surface area contributed by atoms with Crippen LogP contribution in [-0.2, 0) is 11.2 Å². The lowest BCUT2D eigenvalue weighted by Gasteiger charge is -2.41. The summed E-state index contributed by atoms with van der Waals surface area (Å²) in [6, 6.07) is 2.19. The normalized spacial score (nSPS) is 25.0. The van der Waals surface area contributed by atoms with Crippen LogP contribution in [0.2, 0.25) is 0 Å². The fourth-order valence-electron chi connectivity index (χ4n) is 5.67. The Kier molecular flexibility index (Phi) is 4.58. The summed E-state index contributed by atoms with van der Waals surface area (Å²) >= 11 is 0. The number of rotatable bonds is 2. The van der Waals surface area contributed by atoms with Crippen LogP contribution in [0.15, 0.2) is 18.5 Å². The van der Waals surface area contributed by atoms with Crippen LogP contribution in [-0.4, -0.2) is 63.5 Å². The number of nitrogens with two attached hydrogens (primary N) is 1. The van der Waals surface area contributed by atoms with Gasteiger partial charge in [0.15, 0.2) is 17.0 Å². The van der Waals surface area contributed by atoms with Crippen molar-refractivity contribution in [2.75, 3.05) is 36.0 Å². The molecule has 0 aromatic carbocycles. The van der Waals surface area contributed by atoms with Gasteiger partial charge in [-0.25, -0.2) is 9.97 Å². The average Bonchev–Trinajstić information content (AvgIpc) is 3.36. The van der Waals surface area contributed by atoms with Gasteiger partial charge in [0.05, 0.1) is 18.9 Å². The summed E-state index contributed by atoms with van der Waals surface area (Å²) in [4.78, 5) is 18.7. The summed E-state index contributed by atoms with van der Waals surface area (Å²) in [6.07, 6.45) is 8.05. The number of piperidine rings is 1. The number of nitrogens with zero attached hydrogens (tertiary/aromatic N) is 6. The highest BCUT2D eigenvalue weighted by atomic mass is 16.5. The third-order valence-electron chi connectivity index (χ3n) is 7.77. The number of anilines is 3. The summed E-state index contributed by atoms with van der Waals surface area (Å²) in [5, 5.41) is 7.74. The Morgan fingerprint density at radius 1 is 1.22 bits per heavy atom. The van der Waals surface area contributed by atoms with E-state index in [1.807, 2.05) is 12.4 Å². The Balaban J connectivity index is 1.26. The van der Waals surface area contributed by atoms with Gasteiger partial charge >= 0.3 is 0 Å². The second-order valence-electron chi connectivity index (χ2n) is 9.51. The Labute approximate surface area is 187 Å². The number of pyridine rings is 1. The second-order valence-corrected chi connectivity index (χ2v) is 9.51. The topological polar surface area (TPSA) is 109 Å². The molecule has 2 fully saturated rings. The summed E-state index contributed by atoms with van der Waals surface area (Å²) in [5.41, 5.74) is 11.7. The monoisotopic (exact) mass is 434 g/mol. The van der Waals surface area contributed by atoms with E-state index in [0.29, 0.717) is 0 Å². The molecule has 3 aromatic heterocycles. The number of nitrogens with one attached hydrogen (secondary N) is 1. The van der Waals surface area contributed by atoms with Gasteiger partial charge in [-0.1, -0.05) is 0 Å². The maximum Gasteiger partial charge on any atom is 0.183 e. The van der Waals surface area contributed by atoms with Crippen molar-refractivity contribution >= 4 is 28.5 Å². The van der Waals surface area contributed by atoms with Gasteiger partial charge in [-0.05, 0) is 51.2 Å². The number of H-pyrrole nitrogens is 1. The molecule has 32 heavy (non-hydrogen) atoms. The molecule has 6 heterocycles. The van der Waals surface area contributed by atoms with Crippen molar-refractivity contribution in [3.63, 3.8) is 0 Å². The van der Waals surface area contributed by atoms with Crippen LogP contribution in [0.25, 0.3) is 11.2 Å². The number of hydrogen-bond acceptors (Lipinski definition) is 8. The molecule has 2 saturated heterocycles. The number of aryl methyl sites for hydroxylation is 1. The summed E-state index contributed by atoms with van der Waals surface area (Å²) in [7, 11) is 0. The van der Waals surface area contributed by atoms with Gasteiger partial charge in [-0.2, -0.15) is 5.10 Å².